The third kappa shape index (κ3) is 3.01. The smallest absolute Gasteiger partial charge is 0.253 e. The number of hydrogen-bond donors (Lipinski definition) is 0. The average Bonchev–Trinajstić information content (AvgIpc) is 2.85. The molecule has 120 valence electrons. The molecule has 2 saturated heterocycles. The topological polar surface area (TPSA) is 45.7 Å². The van der Waals surface area contributed by atoms with Crippen LogP contribution in [-0.4, -0.2) is 67.6 Å². The highest BCUT2D eigenvalue weighted by atomic mass is 16.5. The van der Waals surface area contributed by atoms with Crippen LogP contribution in [0.25, 0.3) is 0 Å². The minimum atomic E-state index is 0.134. The van der Waals surface area contributed by atoms with Gasteiger partial charge in [0.25, 0.3) is 5.91 Å². The van der Waals surface area contributed by atoms with Gasteiger partial charge < -0.3 is 14.5 Å². The van der Waals surface area contributed by atoms with Gasteiger partial charge in [-0.1, -0.05) is 0 Å². The molecule has 3 rings (SSSR count). The lowest BCUT2D eigenvalue weighted by atomic mass is 9.72. The first-order valence-electron chi connectivity index (χ1n) is 8.02. The number of nitrogens with zero attached hydrogens (tertiary/aromatic N) is 3. The molecule has 0 saturated carbocycles. The molecular formula is C17H25N3O2. The zero-order valence-electron chi connectivity index (χ0n) is 13.5. The molecule has 5 nitrogen and oxygen atoms in total. The van der Waals surface area contributed by atoms with E-state index in [9.17, 15) is 4.79 Å². The fourth-order valence-electron chi connectivity index (χ4n) is 3.90. The van der Waals surface area contributed by atoms with Crippen LogP contribution >= 0.6 is 0 Å². The summed E-state index contributed by atoms with van der Waals surface area (Å²) in [6.45, 7) is 4.37. The number of rotatable bonds is 3. The quantitative estimate of drug-likeness (QED) is 0.849. The Balaban J connectivity index is 1.79. The highest BCUT2D eigenvalue weighted by Crippen LogP contribution is 2.44. The second-order valence-corrected chi connectivity index (χ2v) is 6.86. The van der Waals surface area contributed by atoms with Crippen LogP contribution in [0.3, 0.4) is 0 Å². The summed E-state index contributed by atoms with van der Waals surface area (Å²) in [5, 5.41) is 0. The van der Waals surface area contributed by atoms with Crippen LogP contribution in [0.5, 0.6) is 0 Å². The maximum Gasteiger partial charge on any atom is 0.253 e. The summed E-state index contributed by atoms with van der Waals surface area (Å²) in [6, 6.07) is 3.61. The molecule has 2 fully saturated rings. The first-order chi connectivity index (χ1) is 10.6. The summed E-state index contributed by atoms with van der Waals surface area (Å²) >= 11 is 0. The molecule has 1 atom stereocenters. The van der Waals surface area contributed by atoms with E-state index in [1.807, 2.05) is 4.90 Å². The van der Waals surface area contributed by atoms with E-state index >= 15 is 0 Å². The van der Waals surface area contributed by atoms with Crippen LogP contribution in [0.4, 0.5) is 0 Å². The van der Waals surface area contributed by atoms with Gasteiger partial charge in [0.15, 0.2) is 0 Å². The summed E-state index contributed by atoms with van der Waals surface area (Å²) in [5.74, 6) is 0.659. The molecule has 0 bridgehead atoms. The molecule has 2 aliphatic rings. The van der Waals surface area contributed by atoms with Crippen molar-refractivity contribution in [3.05, 3.63) is 30.1 Å². The lowest BCUT2D eigenvalue weighted by Gasteiger charge is -2.38. The zero-order valence-corrected chi connectivity index (χ0v) is 13.5. The Bertz CT molecular complexity index is 512. The van der Waals surface area contributed by atoms with Gasteiger partial charge in [0.1, 0.15) is 0 Å². The second kappa shape index (κ2) is 6.34. The van der Waals surface area contributed by atoms with Crippen molar-refractivity contribution >= 4 is 5.91 Å². The molecular weight excluding hydrogens is 278 g/mol. The minimum absolute atomic E-state index is 0.134. The largest absolute Gasteiger partial charge is 0.381 e. The van der Waals surface area contributed by atoms with E-state index in [1.165, 1.54) is 0 Å². The highest BCUT2D eigenvalue weighted by Gasteiger charge is 2.48. The first-order valence-corrected chi connectivity index (χ1v) is 8.02. The van der Waals surface area contributed by atoms with E-state index in [0.717, 1.165) is 51.3 Å². The van der Waals surface area contributed by atoms with Gasteiger partial charge in [0, 0.05) is 50.8 Å². The normalized spacial score (nSPS) is 24.1. The number of ether oxygens (including phenoxy) is 1. The van der Waals surface area contributed by atoms with Gasteiger partial charge in [-0.15, -0.1) is 0 Å². The minimum Gasteiger partial charge on any atom is -0.381 e. The molecule has 2 aliphatic heterocycles. The predicted octanol–water partition coefficient (Wildman–Crippen LogP) is 1.51. The van der Waals surface area contributed by atoms with Crippen molar-refractivity contribution < 1.29 is 9.53 Å². The molecule has 1 spiro atoms. The van der Waals surface area contributed by atoms with Crippen LogP contribution in [0, 0.1) is 11.3 Å². The molecule has 1 unspecified atom stereocenters. The molecule has 0 aliphatic carbocycles. The molecule has 0 N–H and O–H groups in total. The molecule has 3 heterocycles. The average molecular weight is 303 g/mol. The van der Waals surface area contributed by atoms with Gasteiger partial charge >= 0.3 is 0 Å². The Morgan fingerprint density at radius 3 is 2.68 bits per heavy atom. The van der Waals surface area contributed by atoms with Crippen LogP contribution in [-0.2, 0) is 4.74 Å². The summed E-state index contributed by atoms with van der Waals surface area (Å²) < 4.78 is 5.56. The molecule has 1 aromatic heterocycles. The monoisotopic (exact) mass is 303 g/mol. The first kappa shape index (κ1) is 15.4. The van der Waals surface area contributed by atoms with Crippen molar-refractivity contribution in [2.45, 2.75) is 12.8 Å². The SMILES string of the molecule is CN(C)CC1CN(C(=O)c2ccncc2)CC12CCOCC2. The van der Waals surface area contributed by atoms with Gasteiger partial charge in [-0.25, -0.2) is 0 Å². The molecule has 1 aromatic rings. The summed E-state index contributed by atoms with van der Waals surface area (Å²) in [5.41, 5.74) is 0.966. The van der Waals surface area contributed by atoms with Gasteiger partial charge in [-0.05, 0) is 50.4 Å². The number of hydrogen-bond acceptors (Lipinski definition) is 4. The summed E-state index contributed by atoms with van der Waals surface area (Å²) in [7, 11) is 4.22. The van der Waals surface area contributed by atoms with Crippen LogP contribution < -0.4 is 0 Å². The van der Waals surface area contributed by atoms with E-state index < -0.39 is 0 Å². The van der Waals surface area contributed by atoms with E-state index in [2.05, 4.69) is 24.0 Å². The Kier molecular flexibility index (Phi) is 4.45. The number of carbonyl (C=O) groups excluding carboxylic acids is 1. The van der Waals surface area contributed by atoms with Crippen LogP contribution in [0.15, 0.2) is 24.5 Å². The van der Waals surface area contributed by atoms with Gasteiger partial charge in [0.2, 0.25) is 0 Å². The van der Waals surface area contributed by atoms with Gasteiger partial charge in [-0.3, -0.25) is 9.78 Å². The van der Waals surface area contributed by atoms with E-state index in [1.54, 1.807) is 24.5 Å². The Morgan fingerprint density at radius 1 is 1.36 bits per heavy atom. The van der Waals surface area contributed by atoms with Crippen molar-refractivity contribution in [1.82, 2.24) is 14.8 Å². The predicted molar refractivity (Wildman–Crippen MR) is 84.7 cm³/mol. The maximum atomic E-state index is 12.8. The Hall–Kier alpha value is -1.46. The highest BCUT2D eigenvalue weighted by molar-refractivity contribution is 5.94. The van der Waals surface area contributed by atoms with Crippen LogP contribution in [0.1, 0.15) is 23.2 Å². The molecule has 0 radical (unpaired) electrons. The van der Waals surface area contributed by atoms with Gasteiger partial charge in [-0.2, -0.15) is 0 Å². The van der Waals surface area contributed by atoms with Crippen LogP contribution in [0.2, 0.25) is 0 Å². The van der Waals surface area contributed by atoms with Crippen molar-refractivity contribution in [3.63, 3.8) is 0 Å². The fourth-order valence-corrected chi connectivity index (χ4v) is 3.90. The Labute approximate surface area is 132 Å². The van der Waals surface area contributed by atoms with Crippen molar-refractivity contribution in [3.8, 4) is 0 Å². The lowest BCUT2D eigenvalue weighted by molar-refractivity contribution is -0.00451. The van der Waals surface area contributed by atoms with Crippen molar-refractivity contribution in [2.75, 3.05) is 46.9 Å². The van der Waals surface area contributed by atoms with E-state index in [-0.39, 0.29) is 11.3 Å². The molecule has 22 heavy (non-hydrogen) atoms. The molecule has 1 amide bonds. The van der Waals surface area contributed by atoms with Crippen molar-refractivity contribution in [2.24, 2.45) is 11.3 Å². The fraction of sp³-hybridized carbons (Fsp3) is 0.647. The van der Waals surface area contributed by atoms with Crippen molar-refractivity contribution in [1.29, 1.82) is 0 Å². The summed E-state index contributed by atoms with van der Waals surface area (Å²) in [6.07, 6.45) is 5.49. The number of pyridine rings is 1. The molecule has 5 heteroatoms. The number of amides is 1. The van der Waals surface area contributed by atoms with E-state index in [0.29, 0.717) is 5.92 Å². The van der Waals surface area contributed by atoms with Gasteiger partial charge in [0.05, 0.1) is 0 Å². The maximum absolute atomic E-state index is 12.8. The number of carbonyl (C=O) groups is 1. The third-order valence-corrected chi connectivity index (χ3v) is 5.10. The third-order valence-electron chi connectivity index (χ3n) is 5.10. The second-order valence-electron chi connectivity index (χ2n) is 6.86. The van der Waals surface area contributed by atoms with E-state index in [4.69, 9.17) is 4.74 Å². The lowest BCUT2D eigenvalue weighted by Crippen LogP contribution is -2.40. The molecule has 0 aromatic carbocycles. The Morgan fingerprint density at radius 2 is 2.05 bits per heavy atom. The number of aromatic nitrogens is 1. The number of likely N-dealkylation sites (tertiary alicyclic amines) is 1. The zero-order chi connectivity index (χ0) is 15.6. The standard InChI is InChI=1S/C17H25N3O2/c1-19(2)11-15-12-20(13-17(15)5-9-22-10-6-17)16(21)14-3-7-18-8-4-14/h3-4,7-8,15H,5-6,9-13H2,1-2H3. The summed E-state index contributed by atoms with van der Waals surface area (Å²) in [4.78, 5) is 21.0.